The average molecular weight is 272 g/mol. The lowest BCUT2D eigenvalue weighted by atomic mass is 10.2. The molecule has 0 amide bonds. The summed E-state index contributed by atoms with van der Waals surface area (Å²) in [5.41, 5.74) is 1.15. The zero-order chi connectivity index (χ0) is 13.7. The highest BCUT2D eigenvalue weighted by molar-refractivity contribution is 5.14. The Morgan fingerprint density at radius 2 is 1.84 bits per heavy atom. The van der Waals surface area contributed by atoms with Gasteiger partial charge in [-0.05, 0) is 18.4 Å². The number of hydrogen-bond acceptors (Lipinski definition) is 2. The first-order valence-electron chi connectivity index (χ1n) is 6.60. The van der Waals surface area contributed by atoms with Crippen LogP contribution >= 0.6 is 0 Å². The minimum Gasteiger partial charge on any atom is -0.311 e. The molecule has 2 nitrogen and oxygen atoms in total. The van der Waals surface area contributed by atoms with Crippen molar-refractivity contribution in [2.75, 3.05) is 19.6 Å². The first kappa shape index (κ1) is 14.3. The summed E-state index contributed by atoms with van der Waals surface area (Å²) in [4.78, 5) is 1.54. The highest BCUT2D eigenvalue weighted by Crippen LogP contribution is 2.29. The fourth-order valence-corrected chi connectivity index (χ4v) is 2.11. The van der Waals surface area contributed by atoms with Crippen molar-refractivity contribution in [2.24, 2.45) is 0 Å². The minimum absolute atomic E-state index is 0.139. The van der Waals surface area contributed by atoms with E-state index < -0.39 is 12.7 Å². The van der Waals surface area contributed by atoms with Crippen molar-refractivity contribution in [1.82, 2.24) is 10.2 Å². The number of hydrogen-bond donors (Lipinski definition) is 1. The van der Waals surface area contributed by atoms with Crippen molar-refractivity contribution in [3.8, 4) is 0 Å². The molecule has 0 aromatic heterocycles. The van der Waals surface area contributed by atoms with Gasteiger partial charge in [-0.15, -0.1) is 0 Å². The van der Waals surface area contributed by atoms with Crippen molar-refractivity contribution in [1.29, 1.82) is 0 Å². The van der Waals surface area contributed by atoms with Crippen LogP contribution in [-0.4, -0.2) is 36.8 Å². The van der Waals surface area contributed by atoms with Gasteiger partial charge in [0.2, 0.25) is 0 Å². The molecule has 0 atom stereocenters. The van der Waals surface area contributed by atoms with E-state index in [2.05, 4.69) is 5.32 Å². The van der Waals surface area contributed by atoms with Crippen molar-refractivity contribution in [2.45, 2.75) is 31.6 Å². The zero-order valence-corrected chi connectivity index (χ0v) is 10.8. The first-order valence-corrected chi connectivity index (χ1v) is 6.60. The quantitative estimate of drug-likeness (QED) is 0.768. The Balaban J connectivity index is 1.68. The van der Waals surface area contributed by atoms with Gasteiger partial charge in [0.25, 0.3) is 0 Å². The Labute approximate surface area is 111 Å². The summed E-state index contributed by atoms with van der Waals surface area (Å²) >= 11 is 0. The van der Waals surface area contributed by atoms with Gasteiger partial charge in [-0.2, -0.15) is 13.2 Å². The molecule has 0 saturated heterocycles. The second kappa shape index (κ2) is 6.39. The van der Waals surface area contributed by atoms with E-state index in [1.54, 1.807) is 0 Å². The van der Waals surface area contributed by atoms with Crippen LogP contribution in [0.1, 0.15) is 18.4 Å². The Morgan fingerprint density at radius 3 is 2.42 bits per heavy atom. The third-order valence-electron chi connectivity index (χ3n) is 3.19. The molecule has 0 unspecified atom stereocenters. The third-order valence-corrected chi connectivity index (χ3v) is 3.19. The van der Waals surface area contributed by atoms with Crippen LogP contribution in [-0.2, 0) is 6.54 Å². The lowest BCUT2D eigenvalue weighted by Gasteiger charge is -2.23. The standard InChI is InChI=1S/C14H19F3N2/c15-14(16,17)11-19(13-6-7-13)9-8-18-10-12-4-2-1-3-5-12/h1-5,13,18H,6-11H2. The Bertz CT molecular complexity index is 374. The smallest absolute Gasteiger partial charge is 0.311 e. The summed E-state index contributed by atoms with van der Waals surface area (Å²) in [7, 11) is 0. The van der Waals surface area contributed by atoms with Gasteiger partial charge in [-0.1, -0.05) is 30.3 Å². The monoisotopic (exact) mass is 272 g/mol. The normalized spacial score (nSPS) is 16.0. The molecule has 1 fully saturated rings. The van der Waals surface area contributed by atoms with Gasteiger partial charge < -0.3 is 5.32 Å². The van der Waals surface area contributed by atoms with E-state index in [0.717, 1.165) is 18.4 Å². The van der Waals surface area contributed by atoms with E-state index in [-0.39, 0.29) is 6.04 Å². The van der Waals surface area contributed by atoms with Gasteiger partial charge in [0.15, 0.2) is 0 Å². The molecule has 0 spiro atoms. The molecular formula is C14H19F3N2. The van der Waals surface area contributed by atoms with E-state index in [4.69, 9.17) is 0 Å². The topological polar surface area (TPSA) is 15.3 Å². The summed E-state index contributed by atoms with van der Waals surface area (Å²) in [6.07, 6.45) is -2.30. The largest absolute Gasteiger partial charge is 0.401 e. The number of nitrogens with one attached hydrogen (secondary N) is 1. The Morgan fingerprint density at radius 1 is 1.16 bits per heavy atom. The van der Waals surface area contributed by atoms with Gasteiger partial charge in [-0.25, -0.2) is 0 Å². The van der Waals surface area contributed by atoms with Crippen LogP contribution in [0.4, 0.5) is 13.2 Å². The number of benzene rings is 1. The Kier molecular flexibility index (Phi) is 4.82. The molecular weight excluding hydrogens is 253 g/mol. The van der Waals surface area contributed by atoms with Crippen molar-refractivity contribution in [3.05, 3.63) is 35.9 Å². The summed E-state index contributed by atoms with van der Waals surface area (Å²) in [6.45, 7) is 0.953. The summed E-state index contributed by atoms with van der Waals surface area (Å²) < 4.78 is 37.2. The molecule has 1 aromatic rings. The van der Waals surface area contributed by atoms with Crippen LogP contribution in [0, 0.1) is 0 Å². The highest BCUT2D eigenvalue weighted by atomic mass is 19.4. The van der Waals surface area contributed by atoms with E-state index in [0.29, 0.717) is 19.6 Å². The second-order valence-electron chi connectivity index (χ2n) is 4.98. The van der Waals surface area contributed by atoms with E-state index in [1.165, 1.54) is 4.90 Å². The molecule has 106 valence electrons. The van der Waals surface area contributed by atoms with Gasteiger partial charge in [-0.3, -0.25) is 4.90 Å². The number of alkyl halides is 3. The molecule has 1 aliphatic rings. The van der Waals surface area contributed by atoms with Gasteiger partial charge in [0, 0.05) is 25.7 Å². The third kappa shape index (κ3) is 5.61. The lowest BCUT2D eigenvalue weighted by molar-refractivity contribution is -0.147. The molecule has 1 aliphatic carbocycles. The average Bonchev–Trinajstić information content (AvgIpc) is 3.17. The maximum atomic E-state index is 12.4. The number of nitrogens with zero attached hydrogens (tertiary/aromatic N) is 1. The van der Waals surface area contributed by atoms with Crippen molar-refractivity contribution < 1.29 is 13.2 Å². The molecule has 2 rings (SSSR count). The summed E-state index contributed by atoms with van der Waals surface area (Å²) in [5, 5.41) is 3.19. The summed E-state index contributed by atoms with van der Waals surface area (Å²) in [5.74, 6) is 0. The first-order chi connectivity index (χ1) is 9.04. The molecule has 0 heterocycles. The highest BCUT2D eigenvalue weighted by Gasteiger charge is 2.37. The molecule has 19 heavy (non-hydrogen) atoms. The maximum Gasteiger partial charge on any atom is 0.401 e. The van der Waals surface area contributed by atoms with Crippen molar-refractivity contribution in [3.63, 3.8) is 0 Å². The summed E-state index contributed by atoms with van der Waals surface area (Å²) in [6, 6.07) is 10.00. The van der Waals surface area contributed by atoms with Crippen LogP contribution in [0.2, 0.25) is 0 Å². The molecule has 1 aromatic carbocycles. The van der Waals surface area contributed by atoms with Crippen LogP contribution < -0.4 is 5.32 Å². The number of rotatable bonds is 7. The maximum absolute atomic E-state index is 12.4. The zero-order valence-electron chi connectivity index (χ0n) is 10.8. The van der Waals surface area contributed by atoms with Crippen LogP contribution in [0.5, 0.6) is 0 Å². The predicted molar refractivity (Wildman–Crippen MR) is 68.8 cm³/mol. The molecule has 1 saturated carbocycles. The SMILES string of the molecule is FC(F)(F)CN(CCNCc1ccccc1)C1CC1. The van der Waals surface area contributed by atoms with Crippen LogP contribution in [0.15, 0.2) is 30.3 Å². The molecule has 0 bridgehead atoms. The predicted octanol–water partition coefficient (Wildman–Crippen LogP) is 2.80. The lowest BCUT2D eigenvalue weighted by Crippen LogP contribution is -2.40. The van der Waals surface area contributed by atoms with E-state index >= 15 is 0 Å². The molecule has 5 heteroatoms. The molecule has 1 N–H and O–H groups in total. The van der Waals surface area contributed by atoms with Crippen LogP contribution in [0.25, 0.3) is 0 Å². The molecule has 0 radical (unpaired) electrons. The van der Waals surface area contributed by atoms with Crippen molar-refractivity contribution >= 4 is 0 Å². The fourth-order valence-electron chi connectivity index (χ4n) is 2.11. The van der Waals surface area contributed by atoms with E-state index in [9.17, 15) is 13.2 Å². The molecule has 0 aliphatic heterocycles. The fraction of sp³-hybridized carbons (Fsp3) is 0.571. The number of halogens is 3. The second-order valence-corrected chi connectivity index (χ2v) is 4.98. The van der Waals surface area contributed by atoms with Gasteiger partial charge in [0.05, 0.1) is 6.54 Å². The Hall–Kier alpha value is -1.07. The van der Waals surface area contributed by atoms with E-state index in [1.807, 2.05) is 30.3 Å². The van der Waals surface area contributed by atoms with Gasteiger partial charge in [0.1, 0.15) is 0 Å². The van der Waals surface area contributed by atoms with Crippen LogP contribution in [0.3, 0.4) is 0 Å². The van der Waals surface area contributed by atoms with Gasteiger partial charge >= 0.3 is 6.18 Å². The minimum atomic E-state index is -4.10.